The first-order valence-electron chi connectivity index (χ1n) is 5.66. The maximum Gasteiger partial charge on any atom is 0.418 e. The fourth-order valence-corrected chi connectivity index (χ4v) is 2.02. The molecule has 0 unspecified atom stereocenters. The molecule has 1 nitrogen and oxygen atoms in total. The van der Waals surface area contributed by atoms with Crippen LogP contribution in [0.5, 0.6) is 0 Å². The summed E-state index contributed by atoms with van der Waals surface area (Å²) in [7, 11) is 0. The van der Waals surface area contributed by atoms with E-state index < -0.39 is 17.2 Å². The van der Waals surface area contributed by atoms with Crippen LogP contribution >= 0.6 is 0 Å². The first kappa shape index (κ1) is 12.9. The number of benzene rings is 1. The largest absolute Gasteiger partial charge is 0.418 e. The van der Waals surface area contributed by atoms with Crippen LogP contribution in [0.3, 0.4) is 0 Å². The second kappa shape index (κ2) is 3.97. The molecule has 0 aliphatic heterocycles. The number of alkyl halides is 3. The van der Waals surface area contributed by atoms with Crippen LogP contribution in [0.2, 0.25) is 0 Å². The van der Waals surface area contributed by atoms with Crippen molar-refractivity contribution < 1.29 is 13.2 Å². The fourth-order valence-electron chi connectivity index (χ4n) is 2.02. The van der Waals surface area contributed by atoms with Crippen LogP contribution in [-0.4, -0.2) is 4.98 Å². The van der Waals surface area contributed by atoms with E-state index in [1.54, 1.807) is 39.0 Å². The van der Waals surface area contributed by atoms with Crippen molar-refractivity contribution in [2.24, 2.45) is 0 Å². The third kappa shape index (κ3) is 2.19. The van der Waals surface area contributed by atoms with Crippen LogP contribution < -0.4 is 0 Å². The smallest absolute Gasteiger partial charge is 0.259 e. The van der Waals surface area contributed by atoms with Gasteiger partial charge in [-0.2, -0.15) is 13.2 Å². The van der Waals surface area contributed by atoms with Crippen LogP contribution in [0.15, 0.2) is 30.5 Å². The Balaban J connectivity index is 2.89. The summed E-state index contributed by atoms with van der Waals surface area (Å²) in [6.45, 7) is 5.21. The van der Waals surface area contributed by atoms with E-state index in [-0.39, 0.29) is 11.1 Å². The third-order valence-corrected chi connectivity index (χ3v) is 2.79. The van der Waals surface area contributed by atoms with Crippen molar-refractivity contribution in [1.82, 2.24) is 4.98 Å². The summed E-state index contributed by atoms with van der Waals surface area (Å²) >= 11 is 0. The highest BCUT2D eigenvalue weighted by molar-refractivity contribution is 5.86. The minimum absolute atomic E-state index is 0.0914. The summed E-state index contributed by atoms with van der Waals surface area (Å²) in [5, 5.41) is 0.725. The molecule has 0 aliphatic carbocycles. The SMILES string of the molecule is CC(C)(C)c1ncc2ccccc2c1C(F)(F)F. The number of pyridine rings is 1. The van der Waals surface area contributed by atoms with Gasteiger partial charge in [-0.05, 0) is 5.39 Å². The Morgan fingerprint density at radius 1 is 1.00 bits per heavy atom. The van der Waals surface area contributed by atoms with Gasteiger partial charge in [0, 0.05) is 17.0 Å². The summed E-state index contributed by atoms with van der Waals surface area (Å²) < 4.78 is 39.8. The summed E-state index contributed by atoms with van der Waals surface area (Å²) in [5.74, 6) is 0. The zero-order valence-corrected chi connectivity index (χ0v) is 10.5. The van der Waals surface area contributed by atoms with Gasteiger partial charge in [0.25, 0.3) is 0 Å². The van der Waals surface area contributed by atoms with E-state index in [9.17, 15) is 13.2 Å². The molecular weight excluding hydrogens is 239 g/mol. The molecule has 0 spiro atoms. The Morgan fingerprint density at radius 3 is 2.17 bits per heavy atom. The van der Waals surface area contributed by atoms with Gasteiger partial charge in [-0.3, -0.25) is 4.98 Å². The molecule has 1 heterocycles. The monoisotopic (exact) mass is 253 g/mol. The number of nitrogens with zero attached hydrogens (tertiary/aromatic N) is 1. The van der Waals surface area contributed by atoms with Gasteiger partial charge in [0.15, 0.2) is 0 Å². The molecule has 0 amide bonds. The van der Waals surface area contributed by atoms with Crippen LogP contribution in [-0.2, 0) is 11.6 Å². The second-order valence-electron chi connectivity index (χ2n) is 5.32. The van der Waals surface area contributed by atoms with Gasteiger partial charge in [0.2, 0.25) is 0 Å². The Morgan fingerprint density at radius 2 is 1.61 bits per heavy atom. The van der Waals surface area contributed by atoms with Crippen LogP contribution in [0, 0.1) is 0 Å². The molecule has 1 aromatic carbocycles. The number of fused-ring (bicyclic) bond motifs is 1. The maximum atomic E-state index is 13.3. The predicted octanol–water partition coefficient (Wildman–Crippen LogP) is 4.55. The van der Waals surface area contributed by atoms with Gasteiger partial charge in [-0.1, -0.05) is 45.0 Å². The first-order valence-corrected chi connectivity index (χ1v) is 5.66. The van der Waals surface area contributed by atoms with E-state index in [0.717, 1.165) is 0 Å². The highest BCUT2D eigenvalue weighted by Gasteiger charge is 2.39. The molecule has 0 radical (unpaired) electrons. The van der Waals surface area contributed by atoms with Crippen molar-refractivity contribution >= 4 is 10.8 Å². The number of rotatable bonds is 0. The molecule has 2 rings (SSSR count). The average molecular weight is 253 g/mol. The fraction of sp³-hybridized carbons (Fsp3) is 0.357. The van der Waals surface area contributed by atoms with Crippen LogP contribution in [0.25, 0.3) is 10.8 Å². The normalized spacial score (nSPS) is 13.0. The maximum absolute atomic E-state index is 13.3. The third-order valence-electron chi connectivity index (χ3n) is 2.79. The Bertz CT molecular complexity index is 580. The van der Waals surface area contributed by atoms with Crippen molar-refractivity contribution in [1.29, 1.82) is 0 Å². The lowest BCUT2D eigenvalue weighted by Gasteiger charge is -2.24. The molecule has 0 atom stereocenters. The van der Waals surface area contributed by atoms with E-state index in [0.29, 0.717) is 5.39 Å². The van der Waals surface area contributed by atoms with E-state index in [2.05, 4.69) is 4.98 Å². The molecule has 0 N–H and O–H groups in total. The zero-order valence-electron chi connectivity index (χ0n) is 10.5. The summed E-state index contributed by atoms with van der Waals surface area (Å²) in [5.41, 5.74) is -1.17. The zero-order chi connectivity index (χ0) is 13.6. The highest BCUT2D eigenvalue weighted by Crippen LogP contribution is 2.40. The van der Waals surface area contributed by atoms with Gasteiger partial charge in [0.1, 0.15) is 0 Å². The van der Waals surface area contributed by atoms with E-state index in [1.807, 2.05) is 0 Å². The van der Waals surface area contributed by atoms with Gasteiger partial charge in [0.05, 0.1) is 11.3 Å². The van der Waals surface area contributed by atoms with E-state index >= 15 is 0 Å². The number of aromatic nitrogens is 1. The molecule has 0 fully saturated rings. The number of hydrogen-bond donors (Lipinski definition) is 0. The molecule has 18 heavy (non-hydrogen) atoms. The summed E-state index contributed by atoms with van der Waals surface area (Å²) in [4.78, 5) is 4.02. The van der Waals surface area contributed by atoms with Crippen LogP contribution in [0.4, 0.5) is 13.2 Å². The summed E-state index contributed by atoms with van der Waals surface area (Å²) in [6, 6.07) is 6.46. The standard InChI is InChI=1S/C14H14F3N/c1-13(2,3)12-11(14(15,16)17)10-7-5-4-6-9(10)8-18-12/h4-8H,1-3H3. The minimum atomic E-state index is -4.39. The molecule has 0 saturated heterocycles. The lowest BCUT2D eigenvalue weighted by Crippen LogP contribution is -2.21. The molecule has 0 saturated carbocycles. The molecule has 1 aromatic heterocycles. The average Bonchev–Trinajstić information content (AvgIpc) is 2.24. The van der Waals surface area contributed by atoms with E-state index in [1.165, 1.54) is 12.3 Å². The van der Waals surface area contributed by atoms with Gasteiger partial charge in [-0.15, -0.1) is 0 Å². The van der Waals surface area contributed by atoms with Crippen molar-refractivity contribution in [3.63, 3.8) is 0 Å². The number of hydrogen-bond acceptors (Lipinski definition) is 1. The van der Waals surface area contributed by atoms with Crippen molar-refractivity contribution in [3.05, 3.63) is 41.7 Å². The molecular formula is C14H14F3N. The van der Waals surface area contributed by atoms with Crippen molar-refractivity contribution in [2.75, 3.05) is 0 Å². The van der Waals surface area contributed by atoms with Crippen molar-refractivity contribution in [3.8, 4) is 0 Å². The Hall–Kier alpha value is -1.58. The predicted molar refractivity (Wildman–Crippen MR) is 65.4 cm³/mol. The van der Waals surface area contributed by atoms with Gasteiger partial charge in [-0.25, -0.2) is 0 Å². The lowest BCUT2D eigenvalue weighted by atomic mass is 9.86. The number of halogens is 3. The minimum Gasteiger partial charge on any atom is -0.259 e. The first-order chi connectivity index (χ1) is 8.21. The Labute approximate surface area is 104 Å². The second-order valence-corrected chi connectivity index (χ2v) is 5.32. The van der Waals surface area contributed by atoms with Gasteiger partial charge >= 0.3 is 6.18 Å². The lowest BCUT2D eigenvalue weighted by molar-refractivity contribution is -0.137. The van der Waals surface area contributed by atoms with Gasteiger partial charge < -0.3 is 0 Å². The molecule has 96 valence electrons. The topological polar surface area (TPSA) is 12.9 Å². The quantitative estimate of drug-likeness (QED) is 0.671. The molecule has 0 aliphatic rings. The van der Waals surface area contributed by atoms with E-state index in [4.69, 9.17) is 0 Å². The molecule has 0 bridgehead atoms. The van der Waals surface area contributed by atoms with Crippen LogP contribution in [0.1, 0.15) is 32.0 Å². The summed E-state index contributed by atoms with van der Waals surface area (Å²) in [6.07, 6.45) is -2.89. The molecule has 4 heteroatoms. The molecule has 2 aromatic rings. The van der Waals surface area contributed by atoms with Crippen molar-refractivity contribution in [2.45, 2.75) is 32.4 Å². The highest BCUT2D eigenvalue weighted by atomic mass is 19.4. The Kier molecular flexibility index (Phi) is 2.84.